The van der Waals surface area contributed by atoms with Gasteiger partial charge in [0.05, 0.1) is 5.69 Å². The smallest absolute Gasteiger partial charge is 0.156 e. The highest BCUT2D eigenvalue weighted by Gasteiger charge is 2.15. The van der Waals surface area contributed by atoms with Gasteiger partial charge in [-0.2, -0.15) is 5.10 Å². The third kappa shape index (κ3) is 2.68. The van der Waals surface area contributed by atoms with Crippen LogP contribution in [0, 0.1) is 13.8 Å². The molecule has 4 heteroatoms. The Labute approximate surface area is 114 Å². The fourth-order valence-corrected chi connectivity index (χ4v) is 2.52. The summed E-state index contributed by atoms with van der Waals surface area (Å²) in [4.78, 5) is 4.50. The maximum Gasteiger partial charge on any atom is 0.156 e. The van der Waals surface area contributed by atoms with Crippen molar-refractivity contribution in [1.82, 2.24) is 14.8 Å². The Balaban J connectivity index is 2.53. The monoisotopic (exact) mass is 258 g/mol. The van der Waals surface area contributed by atoms with Crippen molar-refractivity contribution >= 4 is 0 Å². The number of aryl methyl sites for hydroxylation is 1. The predicted molar refractivity (Wildman–Crippen MR) is 77.6 cm³/mol. The van der Waals surface area contributed by atoms with Gasteiger partial charge in [0.1, 0.15) is 0 Å². The van der Waals surface area contributed by atoms with Gasteiger partial charge in [0, 0.05) is 17.9 Å². The van der Waals surface area contributed by atoms with E-state index in [-0.39, 0.29) is 6.04 Å². The molecular formula is C15H22N4. The number of nitrogens with zero attached hydrogens (tertiary/aromatic N) is 3. The lowest BCUT2D eigenvalue weighted by Gasteiger charge is -2.11. The van der Waals surface area contributed by atoms with Gasteiger partial charge in [-0.15, -0.1) is 0 Å². The molecule has 0 aliphatic heterocycles. The van der Waals surface area contributed by atoms with Crippen LogP contribution in [0.2, 0.25) is 0 Å². The Morgan fingerprint density at radius 2 is 2.11 bits per heavy atom. The van der Waals surface area contributed by atoms with Crippen LogP contribution in [0.5, 0.6) is 0 Å². The van der Waals surface area contributed by atoms with E-state index in [9.17, 15) is 0 Å². The summed E-state index contributed by atoms with van der Waals surface area (Å²) in [7, 11) is 0. The average Bonchev–Trinajstić information content (AvgIpc) is 2.64. The van der Waals surface area contributed by atoms with E-state index in [1.54, 1.807) is 0 Å². The zero-order valence-corrected chi connectivity index (χ0v) is 12.1. The summed E-state index contributed by atoms with van der Waals surface area (Å²) in [6.45, 7) is 8.32. The second-order valence-corrected chi connectivity index (χ2v) is 5.08. The summed E-state index contributed by atoms with van der Waals surface area (Å²) in [5.41, 5.74) is 10.6. The first kappa shape index (κ1) is 13.7. The molecule has 1 unspecified atom stereocenters. The van der Waals surface area contributed by atoms with Gasteiger partial charge < -0.3 is 5.73 Å². The molecule has 0 aromatic carbocycles. The zero-order chi connectivity index (χ0) is 14.0. The van der Waals surface area contributed by atoms with Crippen molar-refractivity contribution in [2.45, 2.75) is 46.6 Å². The van der Waals surface area contributed by atoms with Crippen molar-refractivity contribution in [2.24, 2.45) is 5.73 Å². The molecule has 0 bridgehead atoms. The molecule has 0 radical (unpaired) electrons. The second-order valence-electron chi connectivity index (χ2n) is 5.08. The first-order valence-corrected chi connectivity index (χ1v) is 6.79. The number of pyridine rings is 1. The van der Waals surface area contributed by atoms with E-state index >= 15 is 0 Å². The zero-order valence-electron chi connectivity index (χ0n) is 12.1. The second kappa shape index (κ2) is 5.53. The highest BCUT2D eigenvalue weighted by Crippen LogP contribution is 2.20. The van der Waals surface area contributed by atoms with E-state index < -0.39 is 0 Å². The van der Waals surface area contributed by atoms with E-state index in [0.29, 0.717) is 0 Å². The van der Waals surface area contributed by atoms with Gasteiger partial charge >= 0.3 is 0 Å². The predicted octanol–water partition coefficient (Wildman–Crippen LogP) is 2.34. The van der Waals surface area contributed by atoms with Gasteiger partial charge in [0.25, 0.3) is 0 Å². The number of nitrogens with two attached hydrogens (primary N) is 1. The SMILES string of the molecule is CCc1c(C)nn(-c2ncccc2CC(C)N)c1C. The fraction of sp³-hybridized carbons (Fsp3) is 0.467. The molecule has 4 nitrogen and oxygen atoms in total. The van der Waals surface area contributed by atoms with Crippen LogP contribution in [0.1, 0.15) is 36.4 Å². The molecule has 19 heavy (non-hydrogen) atoms. The van der Waals surface area contributed by atoms with Crippen molar-refractivity contribution in [1.29, 1.82) is 0 Å². The first-order valence-electron chi connectivity index (χ1n) is 6.79. The summed E-state index contributed by atoms with van der Waals surface area (Å²) < 4.78 is 1.95. The molecule has 0 spiro atoms. The van der Waals surface area contributed by atoms with Gasteiger partial charge in [0.2, 0.25) is 0 Å². The lowest BCUT2D eigenvalue weighted by atomic mass is 10.1. The van der Waals surface area contributed by atoms with Gasteiger partial charge in [-0.3, -0.25) is 0 Å². The van der Waals surface area contributed by atoms with Crippen LogP contribution >= 0.6 is 0 Å². The molecule has 2 heterocycles. The molecule has 2 aromatic heterocycles. The van der Waals surface area contributed by atoms with Crippen molar-refractivity contribution in [2.75, 3.05) is 0 Å². The van der Waals surface area contributed by atoms with Crippen molar-refractivity contribution in [3.63, 3.8) is 0 Å². The van der Waals surface area contributed by atoms with Crippen LogP contribution in [0.15, 0.2) is 18.3 Å². The molecule has 2 aromatic rings. The van der Waals surface area contributed by atoms with E-state index in [4.69, 9.17) is 5.73 Å². The van der Waals surface area contributed by atoms with E-state index in [2.05, 4.69) is 36.9 Å². The van der Waals surface area contributed by atoms with Crippen molar-refractivity contribution in [3.05, 3.63) is 40.8 Å². The van der Waals surface area contributed by atoms with Crippen LogP contribution in [-0.2, 0) is 12.8 Å². The molecule has 0 fully saturated rings. The van der Waals surface area contributed by atoms with Crippen molar-refractivity contribution in [3.8, 4) is 5.82 Å². The van der Waals surface area contributed by atoms with Gasteiger partial charge in [-0.1, -0.05) is 13.0 Å². The van der Waals surface area contributed by atoms with Crippen LogP contribution in [0.4, 0.5) is 0 Å². The normalized spacial score (nSPS) is 12.7. The van der Waals surface area contributed by atoms with Gasteiger partial charge in [-0.25, -0.2) is 9.67 Å². The molecule has 2 rings (SSSR count). The van der Waals surface area contributed by atoms with Crippen LogP contribution in [-0.4, -0.2) is 20.8 Å². The standard InChI is InChI=1S/C15H22N4/c1-5-14-11(3)18-19(12(14)4)15-13(9-10(2)16)7-6-8-17-15/h6-8,10H,5,9,16H2,1-4H3. The molecule has 0 amide bonds. The molecule has 0 saturated carbocycles. The fourth-order valence-electron chi connectivity index (χ4n) is 2.52. The van der Waals surface area contributed by atoms with Crippen LogP contribution in [0.25, 0.3) is 5.82 Å². The largest absolute Gasteiger partial charge is 0.328 e. The third-order valence-electron chi connectivity index (χ3n) is 3.40. The molecule has 0 saturated heterocycles. The van der Waals surface area contributed by atoms with Gasteiger partial charge in [-0.05, 0) is 50.8 Å². The molecule has 102 valence electrons. The number of hydrogen-bond donors (Lipinski definition) is 1. The Hall–Kier alpha value is -1.68. The van der Waals surface area contributed by atoms with E-state index in [1.807, 2.05) is 23.9 Å². The Morgan fingerprint density at radius 3 is 2.68 bits per heavy atom. The van der Waals surface area contributed by atoms with Crippen LogP contribution in [0.3, 0.4) is 0 Å². The summed E-state index contributed by atoms with van der Waals surface area (Å²) >= 11 is 0. The summed E-state index contributed by atoms with van der Waals surface area (Å²) in [6.07, 6.45) is 3.61. The Morgan fingerprint density at radius 1 is 1.37 bits per heavy atom. The molecule has 2 N–H and O–H groups in total. The maximum atomic E-state index is 5.91. The average molecular weight is 258 g/mol. The minimum atomic E-state index is 0.116. The maximum absolute atomic E-state index is 5.91. The Kier molecular flexibility index (Phi) is 4.00. The summed E-state index contributed by atoms with van der Waals surface area (Å²) in [5, 5.41) is 4.63. The van der Waals surface area contributed by atoms with Gasteiger partial charge in [0.15, 0.2) is 5.82 Å². The van der Waals surface area contributed by atoms with Crippen molar-refractivity contribution < 1.29 is 0 Å². The number of rotatable bonds is 4. The lowest BCUT2D eigenvalue weighted by Crippen LogP contribution is -2.19. The van der Waals surface area contributed by atoms with E-state index in [0.717, 1.165) is 29.9 Å². The van der Waals surface area contributed by atoms with E-state index in [1.165, 1.54) is 11.3 Å². The summed E-state index contributed by atoms with van der Waals surface area (Å²) in [5.74, 6) is 0.903. The first-order chi connectivity index (χ1) is 9.04. The molecule has 0 aliphatic carbocycles. The molecule has 1 atom stereocenters. The highest BCUT2D eigenvalue weighted by atomic mass is 15.3. The molecular weight excluding hydrogens is 236 g/mol. The topological polar surface area (TPSA) is 56.7 Å². The minimum absolute atomic E-state index is 0.116. The lowest BCUT2D eigenvalue weighted by molar-refractivity contribution is 0.714. The highest BCUT2D eigenvalue weighted by molar-refractivity contribution is 5.38. The molecule has 0 aliphatic rings. The van der Waals surface area contributed by atoms with Crippen LogP contribution < -0.4 is 5.73 Å². The third-order valence-corrected chi connectivity index (χ3v) is 3.40. The minimum Gasteiger partial charge on any atom is -0.328 e. The summed E-state index contributed by atoms with van der Waals surface area (Å²) in [6, 6.07) is 4.15. The number of aromatic nitrogens is 3. The quantitative estimate of drug-likeness (QED) is 0.915. The number of hydrogen-bond acceptors (Lipinski definition) is 3. The Bertz CT molecular complexity index is 570.